The molecule has 0 aromatic heterocycles. The van der Waals surface area contributed by atoms with Gasteiger partial charge >= 0.3 is 11.9 Å². The van der Waals surface area contributed by atoms with Crippen molar-refractivity contribution in [3.63, 3.8) is 0 Å². The topological polar surface area (TPSA) is 107 Å². The Balaban J connectivity index is 2.21. The molecule has 8 heteroatoms. The number of esters is 1. The Morgan fingerprint density at radius 2 is 1.83 bits per heavy atom. The molecular weight excluding hydrogens is 309 g/mol. The molecule has 0 amide bonds. The molecule has 0 radical (unpaired) electrons. The van der Waals surface area contributed by atoms with Crippen molar-refractivity contribution in [3.8, 4) is 0 Å². The largest absolute Gasteiger partial charge is 0.478 e. The summed E-state index contributed by atoms with van der Waals surface area (Å²) in [6.45, 7) is -0.483. The van der Waals surface area contributed by atoms with E-state index in [9.17, 15) is 24.1 Å². The number of aromatic carboxylic acids is 1. The van der Waals surface area contributed by atoms with Gasteiger partial charge in [0, 0.05) is 0 Å². The normalized spacial score (nSPS) is 10.1. The third kappa shape index (κ3) is 3.67. The number of carbonyl (C=O) groups is 2. The lowest BCUT2D eigenvalue weighted by Gasteiger charge is -2.07. The summed E-state index contributed by atoms with van der Waals surface area (Å²) in [5.41, 5.74) is -0.947. The molecule has 0 spiro atoms. The third-order valence-electron chi connectivity index (χ3n) is 2.98. The van der Waals surface area contributed by atoms with Crippen LogP contribution in [0.4, 0.5) is 10.1 Å². The maximum atomic E-state index is 13.0. The van der Waals surface area contributed by atoms with E-state index < -0.39 is 35.0 Å². The Labute approximate surface area is 129 Å². The second kappa shape index (κ2) is 6.65. The van der Waals surface area contributed by atoms with Crippen molar-refractivity contribution in [3.05, 3.63) is 75.1 Å². The molecule has 0 atom stereocenters. The Morgan fingerprint density at radius 3 is 2.43 bits per heavy atom. The van der Waals surface area contributed by atoms with Crippen LogP contribution in [0.3, 0.4) is 0 Å². The number of ether oxygens (including phenoxy) is 1. The van der Waals surface area contributed by atoms with Crippen LogP contribution in [0, 0.1) is 15.9 Å². The number of hydrogen-bond acceptors (Lipinski definition) is 5. The first-order valence-electron chi connectivity index (χ1n) is 6.32. The van der Waals surface area contributed by atoms with Gasteiger partial charge in [0.15, 0.2) is 0 Å². The van der Waals surface area contributed by atoms with Crippen LogP contribution in [-0.2, 0) is 11.3 Å². The van der Waals surface area contributed by atoms with Gasteiger partial charge in [-0.2, -0.15) is 0 Å². The molecule has 2 aromatic rings. The summed E-state index contributed by atoms with van der Waals surface area (Å²) in [6, 6.07) is 8.26. The predicted molar refractivity (Wildman–Crippen MR) is 75.6 cm³/mol. The summed E-state index contributed by atoms with van der Waals surface area (Å²) in [6.07, 6.45) is 0. The number of carboxylic acids is 1. The van der Waals surface area contributed by atoms with Crippen molar-refractivity contribution in [1.29, 1.82) is 0 Å². The second-order valence-electron chi connectivity index (χ2n) is 4.46. The molecule has 2 aromatic carbocycles. The van der Waals surface area contributed by atoms with Crippen LogP contribution in [0.5, 0.6) is 0 Å². The van der Waals surface area contributed by atoms with E-state index in [2.05, 4.69) is 0 Å². The zero-order valence-corrected chi connectivity index (χ0v) is 11.6. The molecule has 0 bridgehead atoms. The van der Waals surface area contributed by atoms with Crippen LogP contribution in [0.2, 0.25) is 0 Å². The lowest BCUT2D eigenvalue weighted by Crippen LogP contribution is -2.12. The van der Waals surface area contributed by atoms with Gasteiger partial charge in [0.25, 0.3) is 5.69 Å². The average molecular weight is 319 g/mol. The number of carboxylic acid groups (broad SMARTS) is 1. The summed E-state index contributed by atoms with van der Waals surface area (Å²) in [5, 5.41) is 19.9. The number of nitro groups is 1. The number of rotatable bonds is 5. The highest BCUT2D eigenvalue weighted by Crippen LogP contribution is 2.21. The summed E-state index contributed by atoms with van der Waals surface area (Å²) in [7, 11) is 0. The monoisotopic (exact) mass is 319 g/mol. The molecule has 0 aliphatic carbocycles. The van der Waals surface area contributed by atoms with Crippen molar-refractivity contribution in [2.45, 2.75) is 6.61 Å². The van der Waals surface area contributed by atoms with Crippen LogP contribution in [0.1, 0.15) is 26.3 Å². The lowest BCUT2D eigenvalue weighted by atomic mass is 10.1. The first kappa shape index (κ1) is 16.1. The van der Waals surface area contributed by atoms with Gasteiger partial charge in [-0.1, -0.05) is 12.1 Å². The van der Waals surface area contributed by atoms with Crippen molar-refractivity contribution < 1.29 is 28.7 Å². The fraction of sp³-hybridized carbons (Fsp3) is 0.0667. The molecule has 0 fully saturated rings. The first-order chi connectivity index (χ1) is 10.9. The fourth-order valence-corrected chi connectivity index (χ4v) is 1.90. The minimum absolute atomic E-state index is 0.00226. The van der Waals surface area contributed by atoms with Crippen LogP contribution < -0.4 is 0 Å². The van der Waals surface area contributed by atoms with Crippen molar-refractivity contribution in [1.82, 2.24) is 0 Å². The maximum Gasteiger partial charge on any atom is 0.339 e. The second-order valence-corrected chi connectivity index (χ2v) is 4.46. The van der Waals surface area contributed by atoms with Gasteiger partial charge < -0.3 is 9.84 Å². The van der Waals surface area contributed by atoms with Gasteiger partial charge in [-0.3, -0.25) is 10.1 Å². The summed E-state index contributed by atoms with van der Waals surface area (Å²) in [5.74, 6) is -3.03. The zero-order valence-electron chi connectivity index (χ0n) is 11.6. The van der Waals surface area contributed by atoms with E-state index in [0.717, 1.165) is 12.1 Å². The average Bonchev–Trinajstić information content (AvgIpc) is 2.53. The van der Waals surface area contributed by atoms with E-state index in [-0.39, 0.29) is 16.7 Å². The van der Waals surface area contributed by atoms with Gasteiger partial charge in [-0.15, -0.1) is 0 Å². The number of benzene rings is 2. The number of halogens is 1. The maximum absolute atomic E-state index is 13.0. The molecule has 1 N–H and O–H groups in total. The van der Waals surface area contributed by atoms with Crippen LogP contribution in [0.15, 0.2) is 42.5 Å². The third-order valence-corrected chi connectivity index (χ3v) is 2.98. The highest BCUT2D eigenvalue weighted by Gasteiger charge is 2.20. The van der Waals surface area contributed by atoms with Gasteiger partial charge in [0.05, 0.1) is 27.7 Å². The zero-order chi connectivity index (χ0) is 17.0. The Morgan fingerprint density at radius 1 is 1.17 bits per heavy atom. The lowest BCUT2D eigenvalue weighted by molar-refractivity contribution is -0.386. The molecular formula is C15H10FNO6. The molecule has 0 aliphatic rings. The summed E-state index contributed by atoms with van der Waals surface area (Å²) < 4.78 is 17.9. The molecule has 118 valence electrons. The first-order valence-corrected chi connectivity index (χ1v) is 6.32. The standard InChI is InChI=1S/C15H10FNO6/c16-10-6-5-9(13(7-10)17(21)22)8-23-15(20)12-4-2-1-3-11(12)14(18)19/h1-7H,8H2,(H,18,19). The SMILES string of the molecule is O=C(O)c1ccccc1C(=O)OCc1ccc(F)cc1[N+](=O)[O-]. The Bertz CT molecular complexity index is 789. The molecule has 0 saturated heterocycles. The molecule has 2 rings (SSSR count). The van der Waals surface area contributed by atoms with Crippen molar-refractivity contribution in [2.75, 3.05) is 0 Å². The number of hydrogen-bond donors (Lipinski definition) is 1. The van der Waals surface area contributed by atoms with Crippen LogP contribution in [0.25, 0.3) is 0 Å². The smallest absolute Gasteiger partial charge is 0.339 e. The van der Waals surface area contributed by atoms with Crippen molar-refractivity contribution >= 4 is 17.6 Å². The quantitative estimate of drug-likeness (QED) is 0.516. The van der Waals surface area contributed by atoms with Crippen LogP contribution >= 0.6 is 0 Å². The van der Waals surface area contributed by atoms with Gasteiger partial charge in [0.2, 0.25) is 0 Å². The Kier molecular flexibility index (Phi) is 4.65. The minimum atomic E-state index is -1.30. The number of nitro benzene ring substituents is 1. The van der Waals surface area contributed by atoms with E-state index in [4.69, 9.17) is 9.84 Å². The van der Waals surface area contributed by atoms with Gasteiger partial charge in [0.1, 0.15) is 12.4 Å². The minimum Gasteiger partial charge on any atom is -0.478 e. The van der Waals surface area contributed by atoms with E-state index in [0.29, 0.717) is 6.07 Å². The van der Waals surface area contributed by atoms with Crippen LogP contribution in [-0.4, -0.2) is 22.0 Å². The Hall–Kier alpha value is -3.29. The molecule has 7 nitrogen and oxygen atoms in total. The fourth-order valence-electron chi connectivity index (χ4n) is 1.90. The van der Waals surface area contributed by atoms with E-state index in [1.165, 1.54) is 24.3 Å². The molecule has 0 saturated carbocycles. The van der Waals surface area contributed by atoms with E-state index in [1.54, 1.807) is 0 Å². The summed E-state index contributed by atoms with van der Waals surface area (Å²) in [4.78, 5) is 33.1. The predicted octanol–water partition coefficient (Wildman–Crippen LogP) is 2.79. The molecule has 23 heavy (non-hydrogen) atoms. The molecule has 0 unspecified atom stereocenters. The molecule has 0 heterocycles. The van der Waals surface area contributed by atoms with E-state index in [1.807, 2.05) is 0 Å². The van der Waals surface area contributed by atoms with Crippen molar-refractivity contribution in [2.24, 2.45) is 0 Å². The highest BCUT2D eigenvalue weighted by molar-refractivity contribution is 6.02. The molecule has 0 aliphatic heterocycles. The van der Waals surface area contributed by atoms with E-state index >= 15 is 0 Å². The summed E-state index contributed by atoms with van der Waals surface area (Å²) >= 11 is 0. The van der Waals surface area contributed by atoms with Gasteiger partial charge in [-0.05, 0) is 24.3 Å². The number of nitrogens with zero attached hydrogens (tertiary/aromatic N) is 1. The number of carbonyl (C=O) groups excluding carboxylic acids is 1. The van der Waals surface area contributed by atoms with Gasteiger partial charge in [-0.25, -0.2) is 14.0 Å². The highest BCUT2D eigenvalue weighted by atomic mass is 19.1.